The molecule has 1 unspecified atom stereocenters. The predicted octanol–water partition coefficient (Wildman–Crippen LogP) is 3.11. The van der Waals surface area contributed by atoms with Gasteiger partial charge in [-0.25, -0.2) is 0 Å². The Labute approximate surface area is 128 Å². The molecule has 0 saturated heterocycles. The molecular weight excluding hydrogens is 258 g/mol. The molecule has 0 spiro atoms. The fraction of sp³-hybridized carbons (Fsp3) is 0.667. The smallest absolute Gasteiger partial charge is 0.0328 e. The van der Waals surface area contributed by atoms with Gasteiger partial charge in [-0.3, -0.25) is 0 Å². The number of aryl methyl sites for hydroxylation is 1. The second-order valence-electron chi connectivity index (χ2n) is 7.11. The highest BCUT2D eigenvalue weighted by Crippen LogP contribution is 2.35. The molecule has 0 heterocycles. The number of nitrogens with two attached hydrogens (primary N) is 1. The molecule has 116 valence electrons. The van der Waals surface area contributed by atoms with Gasteiger partial charge >= 0.3 is 0 Å². The van der Waals surface area contributed by atoms with Crippen LogP contribution < -0.4 is 11.1 Å². The van der Waals surface area contributed by atoms with Crippen LogP contribution in [-0.4, -0.2) is 31.1 Å². The molecule has 0 aromatic heterocycles. The van der Waals surface area contributed by atoms with Crippen molar-refractivity contribution in [1.82, 2.24) is 10.2 Å². The fourth-order valence-corrected chi connectivity index (χ4v) is 4.15. The number of anilines is 1. The van der Waals surface area contributed by atoms with Gasteiger partial charge in [0.2, 0.25) is 0 Å². The highest BCUT2D eigenvalue weighted by molar-refractivity contribution is 5.47. The number of nitrogen functional groups attached to an aromatic ring is 1. The molecule has 21 heavy (non-hydrogen) atoms. The average molecular weight is 287 g/mol. The first kappa shape index (κ1) is 14.9. The molecule has 0 amide bonds. The maximum Gasteiger partial charge on any atom is 0.0328 e. The Bertz CT molecular complexity index is 489. The van der Waals surface area contributed by atoms with E-state index in [2.05, 4.69) is 36.4 Å². The summed E-state index contributed by atoms with van der Waals surface area (Å²) < 4.78 is 0. The topological polar surface area (TPSA) is 41.3 Å². The third-order valence-corrected chi connectivity index (χ3v) is 5.66. The van der Waals surface area contributed by atoms with E-state index < -0.39 is 0 Å². The number of fused-ring (bicyclic) bond motifs is 1. The van der Waals surface area contributed by atoms with Gasteiger partial charge in [-0.15, -0.1) is 0 Å². The van der Waals surface area contributed by atoms with E-state index in [0.717, 1.165) is 18.7 Å². The number of hydrogen-bond donors (Lipinski definition) is 2. The van der Waals surface area contributed by atoms with Crippen molar-refractivity contribution in [2.45, 2.75) is 56.5 Å². The Morgan fingerprint density at radius 2 is 2.00 bits per heavy atom. The van der Waals surface area contributed by atoms with Crippen LogP contribution in [0.3, 0.4) is 0 Å². The molecule has 0 bridgehead atoms. The molecule has 2 aliphatic rings. The summed E-state index contributed by atoms with van der Waals surface area (Å²) in [5.41, 5.74) is 10.1. The molecule has 3 nitrogen and oxygen atoms in total. The van der Waals surface area contributed by atoms with Crippen LogP contribution in [0, 0.1) is 0 Å². The van der Waals surface area contributed by atoms with E-state index in [1.165, 1.54) is 49.7 Å². The Morgan fingerprint density at radius 3 is 2.71 bits per heavy atom. The van der Waals surface area contributed by atoms with Crippen LogP contribution in [0.2, 0.25) is 0 Å². The summed E-state index contributed by atoms with van der Waals surface area (Å²) in [7, 11) is 4.49. The Morgan fingerprint density at radius 1 is 1.24 bits per heavy atom. The number of nitrogens with zero attached hydrogens (tertiary/aromatic N) is 1. The Hall–Kier alpha value is -1.06. The van der Waals surface area contributed by atoms with E-state index in [1.54, 1.807) is 0 Å². The number of benzene rings is 1. The maximum atomic E-state index is 5.90. The number of likely N-dealkylation sites (N-methyl/N-ethyl adjacent to an activating group) is 1. The van der Waals surface area contributed by atoms with Crippen LogP contribution >= 0.6 is 0 Å². The van der Waals surface area contributed by atoms with Crippen LogP contribution in [0.5, 0.6) is 0 Å². The first-order valence-corrected chi connectivity index (χ1v) is 8.40. The standard InChI is InChI=1S/C18H29N3/c1-21(2)18(10-4-3-5-11-18)13-20-17-9-6-14-12-15(19)7-8-16(14)17/h7-8,12,17,20H,3-6,9-11,13,19H2,1-2H3. The van der Waals surface area contributed by atoms with Gasteiger partial charge in [0.15, 0.2) is 0 Å². The van der Waals surface area contributed by atoms with Gasteiger partial charge in [-0.2, -0.15) is 0 Å². The van der Waals surface area contributed by atoms with E-state index >= 15 is 0 Å². The third-order valence-electron chi connectivity index (χ3n) is 5.66. The number of rotatable bonds is 4. The second-order valence-corrected chi connectivity index (χ2v) is 7.11. The van der Waals surface area contributed by atoms with Gasteiger partial charge in [0.25, 0.3) is 0 Å². The molecule has 2 aliphatic carbocycles. The van der Waals surface area contributed by atoms with E-state index in [9.17, 15) is 0 Å². The van der Waals surface area contributed by atoms with Gasteiger partial charge in [0.1, 0.15) is 0 Å². The van der Waals surface area contributed by atoms with Gasteiger partial charge in [-0.05, 0) is 63.0 Å². The molecular formula is C18H29N3. The van der Waals surface area contributed by atoms with Crippen LogP contribution in [0.4, 0.5) is 5.69 Å². The van der Waals surface area contributed by atoms with Crippen LogP contribution in [-0.2, 0) is 6.42 Å². The fourth-order valence-electron chi connectivity index (χ4n) is 4.15. The Balaban J connectivity index is 1.68. The highest BCUT2D eigenvalue weighted by Gasteiger charge is 2.35. The predicted molar refractivity (Wildman–Crippen MR) is 89.4 cm³/mol. The zero-order chi connectivity index (χ0) is 14.9. The second kappa shape index (κ2) is 5.98. The summed E-state index contributed by atoms with van der Waals surface area (Å²) in [4.78, 5) is 2.46. The summed E-state index contributed by atoms with van der Waals surface area (Å²) in [6, 6.07) is 6.93. The van der Waals surface area contributed by atoms with Gasteiger partial charge in [0, 0.05) is 23.8 Å². The lowest BCUT2D eigenvalue weighted by molar-refractivity contribution is 0.0951. The monoisotopic (exact) mass is 287 g/mol. The van der Waals surface area contributed by atoms with E-state index in [4.69, 9.17) is 5.73 Å². The van der Waals surface area contributed by atoms with Crippen LogP contribution in [0.15, 0.2) is 18.2 Å². The number of nitrogens with one attached hydrogen (secondary N) is 1. The van der Waals surface area contributed by atoms with Gasteiger partial charge in [-0.1, -0.05) is 25.3 Å². The lowest BCUT2D eigenvalue weighted by atomic mass is 9.80. The van der Waals surface area contributed by atoms with Gasteiger partial charge < -0.3 is 16.0 Å². The lowest BCUT2D eigenvalue weighted by Crippen LogP contribution is -2.53. The summed E-state index contributed by atoms with van der Waals surface area (Å²) in [6.45, 7) is 1.11. The van der Waals surface area contributed by atoms with Crippen molar-refractivity contribution in [2.24, 2.45) is 0 Å². The summed E-state index contributed by atoms with van der Waals surface area (Å²) >= 11 is 0. The maximum absolute atomic E-state index is 5.90. The first-order valence-electron chi connectivity index (χ1n) is 8.40. The van der Waals surface area contributed by atoms with E-state index in [0.29, 0.717) is 11.6 Å². The normalized spacial score (nSPS) is 24.2. The van der Waals surface area contributed by atoms with Crippen LogP contribution in [0.25, 0.3) is 0 Å². The third kappa shape index (κ3) is 2.95. The molecule has 1 aromatic carbocycles. The zero-order valence-corrected chi connectivity index (χ0v) is 13.5. The SMILES string of the molecule is CN(C)C1(CNC2CCc3cc(N)ccc32)CCCCC1. The molecule has 0 aliphatic heterocycles. The molecule has 1 saturated carbocycles. The minimum atomic E-state index is 0.356. The van der Waals surface area contributed by atoms with Crippen LogP contribution in [0.1, 0.15) is 55.7 Å². The largest absolute Gasteiger partial charge is 0.399 e. The summed E-state index contributed by atoms with van der Waals surface area (Å²) in [5, 5.41) is 3.87. The van der Waals surface area contributed by atoms with E-state index in [-0.39, 0.29) is 0 Å². The van der Waals surface area contributed by atoms with E-state index in [1.807, 2.05) is 6.07 Å². The van der Waals surface area contributed by atoms with Crippen molar-refractivity contribution in [3.8, 4) is 0 Å². The van der Waals surface area contributed by atoms with Crippen molar-refractivity contribution < 1.29 is 0 Å². The highest BCUT2D eigenvalue weighted by atomic mass is 15.2. The Kier molecular flexibility index (Phi) is 4.23. The lowest BCUT2D eigenvalue weighted by Gasteiger charge is -2.44. The summed E-state index contributed by atoms with van der Waals surface area (Å²) in [5.74, 6) is 0. The average Bonchev–Trinajstić information content (AvgIpc) is 2.88. The van der Waals surface area contributed by atoms with Crippen molar-refractivity contribution >= 4 is 5.69 Å². The molecule has 0 radical (unpaired) electrons. The van der Waals surface area contributed by atoms with Crippen molar-refractivity contribution in [1.29, 1.82) is 0 Å². The van der Waals surface area contributed by atoms with Crippen molar-refractivity contribution in [3.63, 3.8) is 0 Å². The first-order chi connectivity index (χ1) is 10.1. The number of hydrogen-bond acceptors (Lipinski definition) is 3. The quantitative estimate of drug-likeness (QED) is 0.836. The molecule has 3 heteroatoms. The summed E-state index contributed by atoms with van der Waals surface area (Å²) in [6.07, 6.45) is 9.17. The molecule has 3 rings (SSSR count). The minimum absolute atomic E-state index is 0.356. The molecule has 3 N–H and O–H groups in total. The zero-order valence-electron chi connectivity index (χ0n) is 13.5. The minimum Gasteiger partial charge on any atom is -0.399 e. The molecule has 1 atom stereocenters. The molecule has 1 aromatic rings. The molecule has 1 fully saturated rings. The van der Waals surface area contributed by atoms with Crippen molar-refractivity contribution in [3.05, 3.63) is 29.3 Å². The van der Waals surface area contributed by atoms with Crippen molar-refractivity contribution in [2.75, 3.05) is 26.4 Å². The van der Waals surface area contributed by atoms with Gasteiger partial charge in [0.05, 0.1) is 0 Å².